The summed E-state index contributed by atoms with van der Waals surface area (Å²) < 4.78 is 15.2. The fraction of sp³-hybridized carbons (Fsp3) is 0.240. The Morgan fingerprint density at radius 1 is 1.06 bits per heavy atom. The van der Waals surface area contributed by atoms with Crippen molar-refractivity contribution in [3.8, 4) is 11.1 Å². The fourth-order valence-electron chi connectivity index (χ4n) is 3.85. The van der Waals surface area contributed by atoms with Gasteiger partial charge < -0.3 is 10.2 Å². The van der Waals surface area contributed by atoms with Gasteiger partial charge in [-0.15, -0.1) is 0 Å². The molecule has 0 aliphatic heterocycles. The number of rotatable bonds is 6. The van der Waals surface area contributed by atoms with Crippen LogP contribution in [-0.4, -0.2) is 30.4 Å². The van der Waals surface area contributed by atoms with E-state index in [9.17, 15) is 9.59 Å². The molecule has 0 spiro atoms. The van der Waals surface area contributed by atoms with E-state index in [0.717, 1.165) is 5.69 Å². The predicted octanol–water partition coefficient (Wildman–Crippen LogP) is 4.33. The van der Waals surface area contributed by atoms with Gasteiger partial charge in [0.25, 0.3) is 5.91 Å². The highest BCUT2D eigenvalue weighted by atomic mass is 19.1. The molecule has 1 saturated carbocycles. The minimum atomic E-state index is -0.812. The van der Waals surface area contributed by atoms with E-state index in [-0.39, 0.29) is 11.8 Å². The molecule has 1 N–H and O–H groups in total. The number of para-hydroxylation sites is 1. The quantitative estimate of drug-likeness (QED) is 0.649. The van der Waals surface area contributed by atoms with Gasteiger partial charge in [0.1, 0.15) is 11.5 Å². The first-order valence-corrected chi connectivity index (χ1v) is 10.3. The summed E-state index contributed by atoms with van der Waals surface area (Å²) in [5.74, 6) is -0.747. The van der Waals surface area contributed by atoms with Crippen molar-refractivity contribution in [2.45, 2.75) is 25.2 Å². The van der Waals surface area contributed by atoms with Gasteiger partial charge in [-0.3, -0.25) is 14.6 Å². The molecular weight excluding hydrogens is 393 g/mol. The topological polar surface area (TPSA) is 62.3 Å². The number of hydrogen-bond acceptors (Lipinski definition) is 3. The Kier molecular flexibility index (Phi) is 5.55. The second-order valence-electron chi connectivity index (χ2n) is 7.77. The number of halogens is 1. The molecular formula is C25H24FN3O2. The highest BCUT2D eigenvalue weighted by Crippen LogP contribution is 2.51. The lowest BCUT2D eigenvalue weighted by Gasteiger charge is -2.24. The average molecular weight is 417 g/mol. The van der Waals surface area contributed by atoms with Crippen LogP contribution in [-0.2, 0) is 10.2 Å². The zero-order valence-corrected chi connectivity index (χ0v) is 17.6. The van der Waals surface area contributed by atoms with Crippen LogP contribution in [0.25, 0.3) is 11.1 Å². The smallest absolute Gasteiger partial charge is 0.269 e. The van der Waals surface area contributed by atoms with Gasteiger partial charge in [-0.2, -0.15) is 0 Å². The maximum Gasteiger partial charge on any atom is 0.269 e. The number of amides is 2. The minimum absolute atomic E-state index is 0.0988. The molecule has 31 heavy (non-hydrogen) atoms. The molecule has 0 atom stereocenters. The number of anilines is 1. The van der Waals surface area contributed by atoms with Gasteiger partial charge in [-0.1, -0.05) is 36.4 Å². The van der Waals surface area contributed by atoms with Crippen LogP contribution >= 0.6 is 0 Å². The standard InChI is InChI=1S/C25H24FN3O2/c1-3-27-23(30)22-12-10-18(16-28-22)17-9-11-20(21(26)15-17)25(13-14-25)24(31)29(2)19-7-5-4-6-8-19/h4-12,15-16H,3,13-14H2,1-2H3,(H,27,30). The number of benzene rings is 2. The number of pyridine rings is 1. The third-order valence-electron chi connectivity index (χ3n) is 5.76. The molecule has 1 aliphatic carbocycles. The van der Waals surface area contributed by atoms with Gasteiger partial charge in [0, 0.05) is 36.6 Å². The number of carbonyl (C=O) groups excluding carboxylic acids is 2. The monoisotopic (exact) mass is 417 g/mol. The number of hydrogen-bond donors (Lipinski definition) is 1. The summed E-state index contributed by atoms with van der Waals surface area (Å²) in [5, 5.41) is 2.70. The van der Waals surface area contributed by atoms with Gasteiger partial charge in [-0.05, 0) is 49.6 Å². The summed E-state index contributed by atoms with van der Waals surface area (Å²) in [6.07, 6.45) is 2.81. The largest absolute Gasteiger partial charge is 0.351 e. The summed E-state index contributed by atoms with van der Waals surface area (Å²) in [5.41, 5.74) is 2.07. The Bertz CT molecular complexity index is 1110. The first kappa shape index (κ1) is 20.7. The average Bonchev–Trinajstić information content (AvgIpc) is 3.60. The second kappa shape index (κ2) is 8.30. The van der Waals surface area contributed by atoms with E-state index in [1.165, 1.54) is 6.07 Å². The van der Waals surface area contributed by atoms with Crippen LogP contribution < -0.4 is 10.2 Å². The second-order valence-corrected chi connectivity index (χ2v) is 7.77. The lowest BCUT2D eigenvalue weighted by atomic mass is 9.91. The zero-order chi connectivity index (χ0) is 22.0. The third kappa shape index (κ3) is 3.93. The van der Waals surface area contributed by atoms with Crippen LogP contribution in [0.15, 0.2) is 66.9 Å². The molecule has 0 saturated heterocycles. The number of likely N-dealkylation sites (N-methyl/N-ethyl adjacent to an activating group) is 1. The minimum Gasteiger partial charge on any atom is -0.351 e. The van der Waals surface area contributed by atoms with Crippen molar-refractivity contribution < 1.29 is 14.0 Å². The van der Waals surface area contributed by atoms with Crippen molar-refractivity contribution in [1.29, 1.82) is 0 Å². The molecule has 2 amide bonds. The van der Waals surface area contributed by atoms with Crippen LogP contribution in [0.1, 0.15) is 35.8 Å². The highest BCUT2D eigenvalue weighted by Gasteiger charge is 2.54. The van der Waals surface area contributed by atoms with E-state index in [1.54, 1.807) is 42.4 Å². The first-order valence-electron chi connectivity index (χ1n) is 10.3. The normalized spacial score (nSPS) is 14.0. The molecule has 1 aliphatic rings. The van der Waals surface area contributed by atoms with Gasteiger partial charge in [0.15, 0.2) is 0 Å². The van der Waals surface area contributed by atoms with Gasteiger partial charge in [0.2, 0.25) is 5.91 Å². The Morgan fingerprint density at radius 2 is 1.77 bits per heavy atom. The summed E-state index contributed by atoms with van der Waals surface area (Å²) in [6, 6.07) is 17.7. The number of nitrogens with one attached hydrogen (secondary N) is 1. The van der Waals surface area contributed by atoms with E-state index < -0.39 is 11.2 Å². The van der Waals surface area contributed by atoms with Crippen LogP contribution in [0.4, 0.5) is 10.1 Å². The van der Waals surface area contributed by atoms with Crippen LogP contribution in [0.2, 0.25) is 0 Å². The number of nitrogens with zero attached hydrogens (tertiary/aromatic N) is 2. The molecule has 1 heterocycles. The van der Waals surface area contributed by atoms with Crippen molar-refractivity contribution >= 4 is 17.5 Å². The molecule has 6 heteroatoms. The maximum atomic E-state index is 15.2. The Hall–Kier alpha value is -3.54. The molecule has 2 aromatic carbocycles. The number of aromatic nitrogens is 1. The molecule has 0 radical (unpaired) electrons. The lowest BCUT2D eigenvalue weighted by Crippen LogP contribution is -2.37. The first-order chi connectivity index (χ1) is 15.0. The van der Waals surface area contributed by atoms with Crippen molar-refractivity contribution in [1.82, 2.24) is 10.3 Å². The van der Waals surface area contributed by atoms with E-state index in [2.05, 4.69) is 10.3 Å². The van der Waals surface area contributed by atoms with Crippen LogP contribution in [0.5, 0.6) is 0 Å². The summed E-state index contributed by atoms with van der Waals surface area (Å²) in [7, 11) is 1.73. The molecule has 0 unspecified atom stereocenters. The van der Waals surface area contributed by atoms with E-state index >= 15 is 4.39 Å². The van der Waals surface area contributed by atoms with Crippen molar-refractivity contribution in [2.24, 2.45) is 0 Å². The molecule has 1 fully saturated rings. The number of carbonyl (C=O) groups is 2. The van der Waals surface area contributed by atoms with Crippen molar-refractivity contribution in [3.05, 3.63) is 83.9 Å². The van der Waals surface area contributed by atoms with E-state index in [1.807, 2.05) is 37.3 Å². The van der Waals surface area contributed by atoms with E-state index in [4.69, 9.17) is 0 Å². The van der Waals surface area contributed by atoms with Crippen molar-refractivity contribution in [3.63, 3.8) is 0 Å². The molecule has 3 aromatic rings. The Morgan fingerprint density at radius 3 is 2.35 bits per heavy atom. The van der Waals surface area contributed by atoms with Crippen molar-refractivity contribution in [2.75, 3.05) is 18.5 Å². The maximum absolute atomic E-state index is 15.2. The van der Waals surface area contributed by atoms with E-state index in [0.29, 0.717) is 41.8 Å². The summed E-state index contributed by atoms with van der Waals surface area (Å²) in [6.45, 7) is 2.36. The molecule has 4 rings (SSSR count). The predicted molar refractivity (Wildman–Crippen MR) is 118 cm³/mol. The molecule has 0 bridgehead atoms. The van der Waals surface area contributed by atoms with Gasteiger partial charge in [-0.25, -0.2) is 4.39 Å². The zero-order valence-electron chi connectivity index (χ0n) is 17.6. The summed E-state index contributed by atoms with van der Waals surface area (Å²) >= 11 is 0. The Labute approximate surface area is 180 Å². The van der Waals surface area contributed by atoms with Gasteiger partial charge >= 0.3 is 0 Å². The van der Waals surface area contributed by atoms with Crippen LogP contribution in [0.3, 0.4) is 0 Å². The SMILES string of the molecule is CCNC(=O)c1ccc(-c2ccc(C3(C(=O)N(C)c4ccccc4)CC3)c(F)c2)cn1. The molecule has 5 nitrogen and oxygen atoms in total. The Balaban J connectivity index is 1.58. The fourth-order valence-corrected chi connectivity index (χ4v) is 3.85. The molecule has 1 aromatic heterocycles. The molecule has 158 valence electrons. The highest BCUT2D eigenvalue weighted by molar-refractivity contribution is 6.03. The third-order valence-corrected chi connectivity index (χ3v) is 5.76. The van der Waals surface area contributed by atoms with Crippen LogP contribution in [0, 0.1) is 5.82 Å². The lowest BCUT2D eigenvalue weighted by molar-refractivity contribution is -0.120. The van der Waals surface area contributed by atoms with Gasteiger partial charge in [0.05, 0.1) is 5.41 Å². The summed E-state index contributed by atoms with van der Waals surface area (Å²) in [4.78, 5) is 30.8.